The number of rotatable bonds is 10. The summed E-state index contributed by atoms with van der Waals surface area (Å²) in [6.07, 6.45) is 4.57. The van der Waals surface area contributed by atoms with E-state index >= 15 is 0 Å². The molecule has 1 amide bonds. The summed E-state index contributed by atoms with van der Waals surface area (Å²) in [4.78, 5) is 23.1. The van der Waals surface area contributed by atoms with Gasteiger partial charge in [-0.05, 0) is 54.2 Å². The van der Waals surface area contributed by atoms with Crippen LogP contribution in [0, 0.1) is 0 Å². The number of benzene rings is 2. The van der Waals surface area contributed by atoms with Gasteiger partial charge in [0.2, 0.25) is 5.91 Å². The van der Waals surface area contributed by atoms with Crippen LogP contribution in [0.4, 0.5) is 5.69 Å². The molecular weight excluding hydrogens is 342 g/mol. The Morgan fingerprint density at radius 1 is 1.22 bits per heavy atom. The maximum atomic E-state index is 12.4. The highest BCUT2D eigenvalue weighted by Gasteiger charge is 2.12. The predicted molar refractivity (Wildman–Crippen MR) is 106 cm³/mol. The number of anilines is 1. The third kappa shape index (κ3) is 6.13. The van der Waals surface area contributed by atoms with Crippen molar-refractivity contribution in [1.29, 1.82) is 0 Å². The molecule has 0 aliphatic heterocycles. The molecule has 5 nitrogen and oxygen atoms in total. The van der Waals surface area contributed by atoms with Crippen LogP contribution in [0.5, 0.6) is 11.5 Å². The highest BCUT2D eigenvalue weighted by molar-refractivity contribution is 5.92. The normalized spacial score (nSPS) is 11.6. The molecule has 2 aromatic rings. The average Bonchev–Trinajstić information content (AvgIpc) is 2.66. The smallest absolute Gasteiger partial charge is 0.228 e. The largest absolute Gasteiger partial charge is 0.504 e. The van der Waals surface area contributed by atoms with Gasteiger partial charge in [0.15, 0.2) is 11.5 Å². The van der Waals surface area contributed by atoms with E-state index in [1.807, 2.05) is 24.3 Å². The lowest BCUT2D eigenvalue weighted by Gasteiger charge is -2.17. The Bertz CT molecular complexity index is 773. The lowest BCUT2D eigenvalue weighted by Crippen LogP contribution is -2.14. The first-order chi connectivity index (χ1) is 13.1. The summed E-state index contributed by atoms with van der Waals surface area (Å²) in [5.74, 6) is 0.574. The number of hydrogen-bond acceptors (Lipinski definition) is 4. The predicted octanol–water partition coefficient (Wildman–Crippen LogP) is 4.44. The van der Waals surface area contributed by atoms with Gasteiger partial charge in [0.1, 0.15) is 6.29 Å². The van der Waals surface area contributed by atoms with Gasteiger partial charge in [0, 0.05) is 12.1 Å². The molecule has 1 atom stereocenters. The number of aromatic hydroxyl groups is 1. The molecule has 0 aliphatic carbocycles. The zero-order valence-corrected chi connectivity index (χ0v) is 15.9. The van der Waals surface area contributed by atoms with Crippen LogP contribution in [-0.2, 0) is 16.0 Å². The molecule has 0 heterocycles. The average molecular weight is 369 g/mol. The van der Waals surface area contributed by atoms with E-state index in [0.29, 0.717) is 18.1 Å². The van der Waals surface area contributed by atoms with Crippen molar-refractivity contribution in [3.63, 3.8) is 0 Å². The summed E-state index contributed by atoms with van der Waals surface area (Å²) in [5, 5.41) is 12.6. The van der Waals surface area contributed by atoms with Crippen molar-refractivity contribution in [2.45, 2.75) is 44.9 Å². The van der Waals surface area contributed by atoms with Crippen LogP contribution in [-0.4, -0.2) is 24.4 Å². The number of carbonyl (C=O) groups excluding carboxylic acids is 2. The van der Waals surface area contributed by atoms with E-state index in [4.69, 9.17) is 4.74 Å². The Morgan fingerprint density at radius 3 is 2.74 bits per heavy atom. The molecule has 144 valence electrons. The van der Waals surface area contributed by atoms with E-state index in [0.717, 1.165) is 42.4 Å². The molecule has 0 aromatic heterocycles. The van der Waals surface area contributed by atoms with Gasteiger partial charge in [-0.3, -0.25) is 4.79 Å². The number of ether oxygens (including phenoxy) is 1. The van der Waals surface area contributed by atoms with Gasteiger partial charge in [-0.25, -0.2) is 0 Å². The molecule has 0 fully saturated rings. The minimum Gasteiger partial charge on any atom is -0.504 e. The molecule has 1 unspecified atom stereocenters. The van der Waals surface area contributed by atoms with Crippen LogP contribution in [0.3, 0.4) is 0 Å². The van der Waals surface area contributed by atoms with Gasteiger partial charge in [0.05, 0.1) is 13.5 Å². The Balaban J connectivity index is 2.06. The molecule has 2 N–H and O–H groups in total. The Hall–Kier alpha value is -2.82. The Labute approximate surface area is 160 Å². The minimum atomic E-state index is -0.139. The molecule has 2 rings (SSSR count). The van der Waals surface area contributed by atoms with Crippen molar-refractivity contribution in [3.05, 3.63) is 53.6 Å². The molecule has 0 spiro atoms. The van der Waals surface area contributed by atoms with Gasteiger partial charge in [-0.2, -0.15) is 0 Å². The van der Waals surface area contributed by atoms with Gasteiger partial charge in [0.25, 0.3) is 0 Å². The van der Waals surface area contributed by atoms with Crippen LogP contribution in [0.15, 0.2) is 42.5 Å². The van der Waals surface area contributed by atoms with Crippen LogP contribution in [0.2, 0.25) is 0 Å². The number of methoxy groups -OCH3 is 1. The monoisotopic (exact) mass is 369 g/mol. The summed E-state index contributed by atoms with van der Waals surface area (Å²) >= 11 is 0. The first-order valence-electron chi connectivity index (χ1n) is 9.26. The molecular formula is C22H27NO4. The summed E-state index contributed by atoms with van der Waals surface area (Å²) < 4.78 is 5.08. The van der Waals surface area contributed by atoms with Gasteiger partial charge >= 0.3 is 0 Å². The molecule has 0 radical (unpaired) electrons. The van der Waals surface area contributed by atoms with E-state index in [9.17, 15) is 14.7 Å². The molecule has 2 aromatic carbocycles. The maximum Gasteiger partial charge on any atom is 0.228 e. The lowest BCUT2D eigenvalue weighted by atomic mass is 9.90. The molecule has 0 aliphatic rings. The van der Waals surface area contributed by atoms with Crippen molar-refractivity contribution in [1.82, 2.24) is 0 Å². The highest BCUT2D eigenvalue weighted by Crippen LogP contribution is 2.29. The Morgan fingerprint density at radius 2 is 2.04 bits per heavy atom. The zero-order chi connectivity index (χ0) is 19.6. The van der Waals surface area contributed by atoms with E-state index in [1.54, 1.807) is 12.1 Å². The molecule has 0 saturated carbocycles. The highest BCUT2D eigenvalue weighted by atomic mass is 16.5. The topological polar surface area (TPSA) is 75.6 Å². The van der Waals surface area contributed by atoms with Crippen molar-refractivity contribution < 1.29 is 19.4 Å². The fraction of sp³-hybridized carbons (Fsp3) is 0.364. The fourth-order valence-electron chi connectivity index (χ4n) is 3.19. The third-order valence-corrected chi connectivity index (χ3v) is 4.52. The summed E-state index contributed by atoms with van der Waals surface area (Å²) in [5.41, 5.74) is 2.64. The quantitative estimate of drug-likeness (QED) is 0.607. The SMILES string of the molecule is CCCC(CCC=O)c1cccc(NC(=O)Cc2ccc(O)c(OC)c2)c1. The third-order valence-electron chi connectivity index (χ3n) is 4.52. The van der Waals surface area contributed by atoms with Gasteiger partial charge in [-0.15, -0.1) is 0 Å². The summed E-state index contributed by atoms with van der Waals surface area (Å²) in [6, 6.07) is 12.7. The molecule has 0 saturated heterocycles. The van der Waals surface area contributed by atoms with Crippen LogP contribution in [0.1, 0.15) is 49.7 Å². The summed E-state index contributed by atoms with van der Waals surface area (Å²) in [7, 11) is 1.47. The van der Waals surface area contributed by atoms with Crippen molar-refractivity contribution in [3.8, 4) is 11.5 Å². The molecule has 27 heavy (non-hydrogen) atoms. The second-order valence-corrected chi connectivity index (χ2v) is 6.59. The first kappa shape index (κ1) is 20.5. The minimum absolute atomic E-state index is 0.0478. The summed E-state index contributed by atoms with van der Waals surface area (Å²) in [6.45, 7) is 2.13. The van der Waals surface area contributed by atoms with Crippen LogP contribution in [0.25, 0.3) is 0 Å². The number of phenols is 1. The molecule has 5 heteroatoms. The number of phenolic OH excluding ortho intramolecular Hbond substituents is 1. The van der Waals surface area contributed by atoms with Crippen molar-refractivity contribution in [2.75, 3.05) is 12.4 Å². The number of amides is 1. The number of carbonyl (C=O) groups is 2. The second kappa shape index (κ2) is 10.4. The molecule has 0 bridgehead atoms. The van der Waals surface area contributed by atoms with Crippen molar-refractivity contribution in [2.24, 2.45) is 0 Å². The Kier molecular flexibility index (Phi) is 7.86. The van der Waals surface area contributed by atoms with E-state index in [2.05, 4.69) is 12.2 Å². The number of nitrogens with one attached hydrogen (secondary N) is 1. The number of aldehydes is 1. The first-order valence-corrected chi connectivity index (χ1v) is 9.26. The standard InChI is InChI=1S/C22H27NO4/c1-3-6-17(8-5-12-24)18-7-4-9-19(15-18)23-22(26)14-16-10-11-20(25)21(13-16)27-2/h4,7,9-13,15,17,25H,3,5-6,8,14H2,1-2H3,(H,23,26). The second-order valence-electron chi connectivity index (χ2n) is 6.59. The zero-order valence-electron chi connectivity index (χ0n) is 15.9. The van der Waals surface area contributed by atoms with E-state index in [1.165, 1.54) is 13.2 Å². The van der Waals surface area contributed by atoms with Crippen LogP contribution < -0.4 is 10.1 Å². The number of hydrogen-bond donors (Lipinski definition) is 2. The van der Waals surface area contributed by atoms with E-state index < -0.39 is 0 Å². The maximum absolute atomic E-state index is 12.4. The fourth-order valence-corrected chi connectivity index (χ4v) is 3.19. The van der Waals surface area contributed by atoms with Gasteiger partial charge < -0.3 is 20.0 Å². The van der Waals surface area contributed by atoms with Gasteiger partial charge in [-0.1, -0.05) is 31.5 Å². The van der Waals surface area contributed by atoms with Crippen LogP contribution >= 0.6 is 0 Å². The lowest BCUT2D eigenvalue weighted by molar-refractivity contribution is -0.115. The van der Waals surface area contributed by atoms with E-state index in [-0.39, 0.29) is 18.1 Å². The van der Waals surface area contributed by atoms with Crippen molar-refractivity contribution >= 4 is 17.9 Å².